The van der Waals surface area contributed by atoms with Crippen molar-refractivity contribution in [3.63, 3.8) is 0 Å². The van der Waals surface area contributed by atoms with E-state index in [0.717, 1.165) is 0 Å². The molecule has 1 amide bonds. The third-order valence-corrected chi connectivity index (χ3v) is 3.43. The summed E-state index contributed by atoms with van der Waals surface area (Å²) in [7, 11) is 0. The Bertz CT molecular complexity index is 704. The number of amides is 1. The standard InChI is InChI=1S/C15H13ClN2O2S/c16-11-6-5-10(15(17)21)7-12(11)18-14(20)8-9-3-1-2-4-13(9)19/h1-7,19H,8H2,(H2,17,21)(H,18,20). The number of aromatic hydroxyl groups is 1. The number of nitrogens with two attached hydrogens (primary N) is 1. The van der Waals surface area contributed by atoms with Crippen molar-refractivity contribution in [2.24, 2.45) is 5.73 Å². The molecule has 108 valence electrons. The number of phenols is 1. The topological polar surface area (TPSA) is 75.3 Å². The lowest BCUT2D eigenvalue weighted by molar-refractivity contribution is -0.115. The summed E-state index contributed by atoms with van der Waals surface area (Å²) in [6.45, 7) is 0. The van der Waals surface area contributed by atoms with Crippen LogP contribution in [0.5, 0.6) is 5.75 Å². The van der Waals surface area contributed by atoms with E-state index < -0.39 is 0 Å². The monoisotopic (exact) mass is 320 g/mol. The molecule has 0 aliphatic carbocycles. The van der Waals surface area contributed by atoms with Gasteiger partial charge in [-0.3, -0.25) is 4.79 Å². The maximum absolute atomic E-state index is 12.0. The van der Waals surface area contributed by atoms with Crippen molar-refractivity contribution in [2.45, 2.75) is 6.42 Å². The quantitative estimate of drug-likeness (QED) is 0.757. The fourth-order valence-corrected chi connectivity index (χ4v) is 2.09. The van der Waals surface area contributed by atoms with Gasteiger partial charge in [-0.05, 0) is 18.2 Å². The molecule has 0 aliphatic rings. The van der Waals surface area contributed by atoms with Crippen LogP contribution in [-0.4, -0.2) is 16.0 Å². The molecule has 0 unspecified atom stereocenters. The van der Waals surface area contributed by atoms with Gasteiger partial charge in [-0.15, -0.1) is 0 Å². The zero-order chi connectivity index (χ0) is 15.4. The van der Waals surface area contributed by atoms with Gasteiger partial charge in [0.2, 0.25) is 5.91 Å². The van der Waals surface area contributed by atoms with E-state index in [-0.39, 0.29) is 23.1 Å². The van der Waals surface area contributed by atoms with Crippen molar-refractivity contribution >= 4 is 40.4 Å². The lowest BCUT2D eigenvalue weighted by Gasteiger charge is -2.10. The number of hydrogen-bond donors (Lipinski definition) is 3. The summed E-state index contributed by atoms with van der Waals surface area (Å²) < 4.78 is 0. The van der Waals surface area contributed by atoms with Gasteiger partial charge in [0.25, 0.3) is 0 Å². The van der Waals surface area contributed by atoms with Crippen molar-refractivity contribution in [2.75, 3.05) is 5.32 Å². The molecular formula is C15H13ClN2O2S. The molecule has 0 bridgehead atoms. The van der Waals surface area contributed by atoms with E-state index in [4.69, 9.17) is 29.6 Å². The summed E-state index contributed by atoms with van der Waals surface area (Å²) in [6.07, 6.45) is 0.0420. The fraction of sp³-hybridized carbons (Fsp3) is 0.0667. The Morgan fingerprint density at radius 3 is 2.67 bits per heavy atom. The number of halogens is 1. The first-order valence-electron chi connectivity index (χ1n) is 6.13. The smallest absolute Gasteiger partial charge is 0.228 e. The van der Waals surface area contributed by atoms with E-state index in [2.05, 4.69) is 5.32 Å². The first-order chi connectivity index (χ1) is 9.97. The molecule has 0 atom stereocenters. The van der Waals surface area contributed by atoms with Crippen molar-refractivity contribution < 1.29 is 9.90 Å². The van der Waals surface area contributed by atoms with Crippen LogP contribution in [0.25, 0.3) is 0 Å². The Kier molecular flexibility index (Phi) is 4.77. The average Bonchev–Trinajstić information content (AvgIpc) is 2.43. The van der Waals surface area contributed by atoms with Crippen LogP contribution < -0.4 is 11.1 Å². The van der Waals surface area contributed by atoms with Crippen molar-refractivity contribution in [1.29, 1.82) is 0 Å². The van der Waals surface area contributed by atoms with Gasteiger partial charge in [-0.1, -0.05) is 48.1 Å². The molecule has 21 heavy (non-hydrogen) atoms. The maximum atomic E-state index is 12.0. The van der Waals surface area contributed by atoms with Crippen LogP contribution in [0.1, 0.15) is 11.1 Å². The van der Waals surface area contributed by atoms with Crippen LogP contribution in [0.3, 0.4) is 0 Å². The third kappa shape index (κ3) is 3.93. The predicted octanol–water partition coefficient (Wildman–Crippen LogP) is 2.86. The van der Waals surface area contributed by atoms with Crippen LogP contribution >= 0.6 is 23.8 Å². The number of benzene rings is 2. The molecular weight excluding hydrogens is 308 g/mol. The minimum atomic E-state index is -0.293. The summed E-state index contributed by atoms with van der Waals surface area (Å²) >= 11 is 10.9. The maximum Gasteiger partial charge on any atom is 0.228 e. The number of para-hydroxylation sites is 1. The molecule has 0 aromatic heterocycles. The summed E-state index contributed by atoms with van der Waals surface area (Å²) in [5.41, 5.74) is 7.14. The second kappa shape index (κ2) is 6.56. The summed E-state index contributed by atoms with van der Waals surface area (Å²) in [6, 6.07) is 11.6. The van der Waals surface area contributed by atoms with E-state index in [1.807, 2.05) is 0 Å². The number of carbonyl (C=O) groups excluding carboxylic acids is 1. The fourth-order valence-electron chi connectivity index (χ4n) is 1.80. The van der Waals surface area contributed by atoms with Crippen molar-refractivity contribution in [3.8, 4) is 5.75 Å². The molecule has 6 heteroatoms. The summed E-state index contributed by atoms with van der Waals surface area (Å²) in [5.74, 6) is -0.214. The molecule has 4 nitrogen and oxygen atoms in total. The largest absolute Gasteiger partial charge is 0.508 e. The molecule has 0 saturated heterocycles. The molecule has 0 saturated carbocycles. The van der Waals surface area contributed by atoms with E-state index >= 15 is 0 Å². The van der Waals surface area contributed by atoms with Gasteiger partial charge < -0.3 is 16.2 Å². The van der Waals surface area contributed by atoms with E-state index in [1.54, 1.807) is 36.4 Å². The molecule has 0 spiro atoms. The van der Waals surface area contributed by atoms with Crippen LogP contribution in [0.15, 0.2) is 42.5 Å². The van der Waals surface area contributed by atoms with E-state index in [1.165, 1.54) is 6.07 Å². The molecule has 2 rings (SSSR count). The second-order valence-corrected chi connectivity index (χ2v) is 5.26. The number of carbonyl (C=O) groups is 1. The van der Waals surface area contributed by atoms with Crippen molar-refractivity contribution in [3.05, 3.63) is 58.6 Å². The molecule has 4 N–H and O–H groups in total. The average molecular weight is 321 g/mol. The number of nitrogens with one attached hydrogen (secondary N) is 1. The zero-order valence-electron chi connectivity index (χ0n) is 11.0. The highest BCUT2D eigenvalue weighted by Crippen LogP contribution is 2.24. The van der Waals surface area contributed by atoms with Crippen LogP contribution in [0.4, 0.5) is 5.69 Å². The first kappa shape index (κ1) is 15.3. The van der Waals surface area contributed by atoms with Crippen LogP contribution in [0.2, 0.25) is 5.02 Å². The van der Waals surface area contributed by atoms with E-state index in [9.17, 15) is 9.90 Å². The predicted molar refractivity (Wildman–Crippen MR) is 87.8 cm³/mol. The first-order valence-corrected chi connectivity index (χ1v) is 6.92. The Hall–Kier alpha value is -2.11. The minimum absolute atomic E-state index is 0.0420. The molecule has 2 aromatic carbocycles. The Morgan fingerprint density at radius 1 is 1.29 bits per heavy atom. The van der Waals surface area contributed by atoms with Gasteiger partial charge in [0.15, 0.2) is 0 Å². The Labute approximate surface area is 132 Å². The Morgan fingerprint density at radius 2 is 2.00 bits per heavy atom. The highest BCUT2D eigenvalue weighted by molar-refractivity contribution is 7.80. The van der Waals surface area contributed by atoms with Gasteiger partial charge in [0, 0.05) is 11.1 Å². The molecule has 0 fully saturated rings. The molecule has 2 aromatic rings. The van der Waals surface area contributed by atoms with Crippen LogP contribution in [-0.2, 0) is 11.2 Å². The zero-order valence-corrected chi connectivity index (χ0v) is 12.5. The number of rotatable bonds is 4. The normalized spacial score (nSPS) is 10.1. The second-order valence-electron chi connectivity index (χ2n) is 4.41. The van der Waals surface area contributed by atoms with Gasteiger partial charge in [0.1, 0.15) is 10.7 Å². The number of thiocarbonyl (C=S) groups is 1. The summed E-state index contributed by atoms with van der Waals surface area (Å²) in [5, 5.41) is 12.7. The minimum Gasteiger partial charge on any atom is -0.508 e. The lowest BCUT2D eigenvalue weighted by Crippen LogP contribution is -2.16. The number of hydrogen-bond acceptors (Lipinski definition) is 3. The number of phenolic OH excluding ortho intramolecular Hbond substituents is 1. The van der Waals surface area contributed by atoms with Crippen molar-refractivity contribution in [1.82, 2.24) is 0 Å². The van der Waals surface area contributed by atoms with Crippen LogP contribution in [0, 0.1) is 0 Å². The highest BCUT2D eigenvalue weighted by atomic mass is 35.5. The molecule has 0 radical (unpaired) electrons. The lowest BCUT2D eigenvalue weighted by atomic mass is 10.1. The van der Waals surface area contributed by atoms with Gasteiger partial charge in [-0.2, -0.15) is 0 Å². The van der Waals surface area contributed by atoms with Gasteiger partial charge >= 0.3 is 0 Å². The third-order valence-electron chi connectivity index (χ3n) is 2.87. The van der Waals surface area contributed by atoms with Gasteiger partial charge in [-0.25, -0.2) is 0 Å². The number of anilines is 1. The molecule has 0 heterocycles. The van der Waals surface area contributed by atoms with Gasteiger partial charge in [0.05, 0.1) is 17.1 Å². The Balaban J connectivity index is 2.15. The summed E-state index contributed by atoms with van der Waals surface area (Å²) in [4.78, 5) is 12.2. The van der Waals surface area contributed by atoms with E-state index in [0.29, 0.717) is 21.8 Å². The molecule has 0 aliphatic heterocycles. The highest BCUT2D eigenvalue weighted by Gasteiger charge is 2.10. The SMILES string of the molecule is NC(=S)c1ccc(Cl)c(NC(=O)Cc2ccccc2O)c1.